The van der Waals surface area contributed by atoms with E-state index in [9.17, 15) is 24.0 Å². The Labute approximate surface area is 337 Å². The molecule has 4 saturated heterocycles. The Kier molecular flexibility index (Phi) is 23.4. The van der Waals surface area contributed by atoms with Crippen LogP contribution in [0.3, 0.4) is 0 Å². The summed E-state index contributed by atoms with van der Waals surface area (Å²) in [6.07, 6.45) is -0.472. The van der Waals surface area contributed by atoms with Crippen molar-refractivity contribution in [1.29, 1.82) is 0 Å². The first-order valence-corrected chi connectivity index (χ1v) is 19.9. The molecule has 56 heavy (non-hydrogen) atoms. The Hall–Kier alpha value is -3.29. The molecule has 4 fully saturated rings. The number of carbonyl (C=O) groups excluding carboxylic acids is 5. The van der Waals surface area contributed by atoms with E-state index in [1.165, 1.54) is 0 Å². The van der Waals surface area contributed by atoms with Gasteiger partial charge in [0.2, 0.25) is 17.7 Å². The third-order valence-corrected chi connectivity index (χ3v) is 8.78. The molecule has 0 aliphatic carbocycles. The van der Waals surface area contributed by atoms with E-state index in [0.29, 0.717) is 45.8 Å². The fraction of sp³-hybridized carbons (Fsp3) is 0.868. The number of hydrogen-bond donors (Lipinski definition) is 3. The van der Waals surface area contributed by atoms with Gasteiger partial charge in [-0.25, -0.2) is 9.59 Å². The van der Waals surface area contributed by atoms with Crippen molar-refractivity contribution in [3.63, 3.8) is 0 Å². The molecule has 5 amide bonds. The molecule has 0 aromatic rings. The minimum Gasteiger partial charge on any atom is -0.444 e. The summed E-state index contributed by atoms with van der Waals surface area (Å²) in [5.74, 6) is 0.472. The number of amides is 5. The van der Waals surface area contributed by atoms with Crippen LogP contribution in [0.25, 0.3) is 0 Å². The van der Waals surface area contributed by atoms with Gasteiger partial charge in [-0.2, -0.15) is 0 Å². The Morgan fingerprint density at radius 2 is 0.679 bits per heavy atom. The average molecular weight is 800 g/mol. The van der Waals surface area contributed by atoms with Crippen LogP contribution in [0.1, 0.15) is 41.5 Å². The second kappa shape index (κ2) is 25.9. The molecular formula is C38H77N11O7. The average Bonchev–Trinajstić information content (AvgIpc) is 3.12. The summed E-state index contributed by atoms with van der Waals surface area (Å²) in [7, 11) is 10.7. The van der Waals surface area contributed by atoms with E-state index in [4.69, 9.17) is 9.47 Å². The van der Waals surface area contributed by atoms with E-state index >= 15 is 0 Å². The van der Waals surface area contributed by atoms with Crippen LogP contribution in [0, 0.1) is 0 Å². The lowest BCUT2D eigenvalue weighted by atomic mass is 10.2. The van der Waals surface area contributed by atoms with Crippen LogP contribution in [-0.4, -0.2) is 247 Å². The molecule has 0 aromatic carbocycles. The molecule has 0 aromatic heterocycles. The molecule has 0 radical (unpaired) electrons. The smallest absolute Gasteiger partial charge is 0.410 e. The van der Waals surface area contributed by atoms with Crippen molar-refractivity contribution < 1.29 is 33.4 Å². The Morgan fingerprint density at radius 1 is 0.429 bits per heavy atom. The number of hydrogen-bond acceptors (Lipinski definition) is 13. The summed E-state index contributed by atoms with van der Waals surface area (Å²) in [5, 5.41) is 9.68. The van der Waals surface area contributed by atoms with E-state index in [2.05, 4.69) is 30.7 Å². The van der Waals surface area contributed by atoms with Crippen LogP contribution in [0.5, 0.6) is 0 Å². The number of rotatable bonds is 6. The van der Waals surface area contributed by atoms with Crippen molar-refractivity contribution in [2.45, 2.75) is 52.7 Å². The van der Waals surface area contributed by atoms with Gasteiger partial charge in [-0.3, -0.25) is 29.1 Å². The summed E-state index contributed by atoms with van der Waals surface area (Å²) in [5.41, 5.74) is -0.850. The third-order valence-electron chi connectivity index (χ3n) is 8.78. The number of nitrogens with one attached hydrogen (secondary N) is 3. The monoisotopic (exact) mass is 800 g/mol. The SMILES string of the molecule is CC(C)(C)OC(=O)N1CCNCC1.CN(C)C(=O)CN1CCN(C(=O)OC(C)(C)C)CC1.CN(C)C(=O)CN1CCNCC1.CN(C)C(=O)CN1CCNCC1. The zero-order valence-electron chi connectivity index (χ0n) is 36.9. The number of nitrogens with zero attached hydrogens (tertiary/aromatic N) is 8. The first kappa shape index (κ1) is 50.7. The van der Waals surface area contributed by atoms with Gasteiger partial charge >= 0.3 is 12.2 Å². The first-order valence-electron chi connectivity index (χ1n) is 19.9. The molecule has 4 heterocycles. The lowest BCUT2D eigenvalue weighted by molar-refractivity contribution is -0.131. The second-order valence-corrected chi connectivity index (χ2v) is 16.9. The highest BCUT2D eigenvalue weighted by Crippen LogP contribution is 2.12. The first-order chi connectivity index (χ1) is 26.1. The van der Waals surface area contributed by atoms with E-state index in [0.717, 1.165) is 78.5 Å². The minimum absolute atomic E-state index is 0.0886. The number of ether oxygens (including phenoxy) is 2. The van der Waals surface area contributed by atoms with Crippen molar-refractivity contribution in [1.82, 2.24) is 55.1 Å². The molecule has 3 N–H and O–H groups in total. The van der Waals surface area contributed by atoms with Crippen LogP contribution < -0.4 is 16.0 Å². The standard InChI is InChI=1S/C13H25N3O3.C9H18N2O2.2C8H17N3O/c1-13(2,3)19-12(18)16-8-6-15(7-9-16)10-11(17)14(4)5;1-9(2,3)13-8(12)11-6-4-10-5-7-11;2*1-10(2)8(12)7-11-5-3-9-4-6-11/h6-10H2,1-5H3;10H,4-7H2,1-3H3;2*9H,3-7H2,1-2H3. The highest BCUT2D eigenvalue weighted by molar-refractivity contribution is 5.78. The van der Waals surface area contributed by atoms with Crippen LogP contribution in [0.15, 0.2) is 0 Å². The lowest BCUT2D eigenvalue weighted by Crippen LogP contribution is -2.51. The molecule has 0 saturated carbocycles. The van der Waals surface area contributed by atoms with Crippen molar-refractivity contribution in [3.05, 3.63) is 0 Å². The summed E-state index contributed by atoms with van der Waals surface area (Å²) in [4.78, 5) is 72.2. The maximum atomic E-state index is 11.9. The van der Waals surface area contributed by atoms with Gasteiger partial charge < -0.3 is 49.9 Å². The Morgan fingerprint density at radius 3 is 0.946 bits per heavy atom. The lowest BCUT2D eigenvalue weighted by Gasteiger charge is -2.35. The fourth-order valence-electron chi connectivity index (χ4n) is 5.33. The van der Waals surface area contributed by atoms with Gasteiger partial charge in [0.05, 0.1) is 19.6 Å². The fourth-order valence-corrected chi connectivity index (χ4v) is 5.33. The normalized spacial score (nSPS) is 18.4. The zero-order valence-corrected chi connectivity index (χ0v) is 36.9. The molecule has 0 atom stereocenters. The summed E-state index contributed by atoms with van der Waals surface area (Å²) in [6.45, 7) is 26.5. The van der Waals surface area contributed by atoms with Crippen LogP contribution in [-0.2, 0) is 23.9 Å². The molecule has 0 unspecified atom stereocenters. The third kappa shape index (κ3) is 23.7. The largest absolute Gasteiger partial charge is 0.444 e. The van der Waals surface area contributed by atoms with Gasteiger partial charge in [-0.05, 0) is 41.5 Å². The van der Waals surface area contributed by atoms with Crippen LogP contribution in [0.4, 0.5) is 9.59 Å². The molecule has 0 bridgehead atoms. The van der Waals surface area contributed by atoms with Gasteiger partial charge in [0.25, 0.3) is 0 Å². The molecule has 4 rings (SSSR count). The van der Waals surface area contributed by atoms with E-state index in [1.807, 2.05) is 41.5 Å². The molecule has 4 aliphatic heterocycles. The summed E-state index contributed by atoms with van der Waals surface area (Å²) in [6, 6.07) is 0. The van der Waals surface area contributed by atoms with Crippen LogP contribution in [0.2, 0.25) is 0 Å². The van der Waals surface area contributed by atoms with E-state index in [-0.39, 0.29) is 35.5 Å². The van der Waals surface area contributed by atoms with Crippen molar-refractivity contribution in [2.24, 2.45) is 0 Å². The van der Waals surface area contributed by atoms with Crippen molar-refractivity contribution in [2.75, 3.05) is 167 Å². The molecule has 4 aliphatic rings. The summed E-state index contributed by atoms with van der Waals surface area (Å²) >= 11 is 0. The molecule has 0 spiro atoms. The molecule has 326 valence electrons. The number of likely N-dealkylation sites (N-methyl/N-ethyl adjacent to an activating group) is 3. The predicted molar refractivity (Wildman–Crippen MR) is 220 cm³/mol. The number of carbonyl (C=O) groups is 5. The predicted octanol–water partition coefficient (Wildman–Crippen LogP) is -0.586. The molecule has 18 heteroatoms. The summed E-state index contributed by atoms with van der Waals surface area (Å²) < 4.78 is 10.6. The quantitative estimate of drug-likeness (QED) is 0.313. The van der Waals surface area contributed by atoms with Gasteiger partial charge in [-0.1, -0.05) is 0 Å². The van der Waals surface area contributed by atoms with Crippen molar-refractivity contribution >= 4 is 29.9 Å². The van der Waals surface area contributed by atoms with Gasteiger partial charge in [0.15, 0.2) is 0 Å². The van der Waals surface area contributed by atoms with Gasteiger partial charge in [0.1, 0.15) is 11.2 Å². The maximum Gasteiger partial charge on any atom is 0.410 e. The highest BCUT2D eigenvalue weighted by Gasteiger charge is 2.27. The molecular weight excluding hydrogens is 722 g/mol. The number of piperazine rings is 4. The molecule has 18 nitrogen and oxygen atoms in total. The Bertz CT molecular complexity index is 1130. The van der Waals surface area contributed by atoms with Crippen LogP contribution >= 0.6 is 0 Å². The van der Waals surface area contributed by atoms with E-state index < -0.39 is 5.60 Å². The van der Waals surface area contributed by atoms with Gasteiger partial charge in [0, 0.05) is 147 Å². The maximum absolute atomic E-state index is 11.9. The van der Waals surface area contributed by atoms with E-state index in [1.54, 1.807) is 66.8 Å². The van der Waals surface area contributed by atoms with Crippen molar-refractivity contribution in [3.8, 4) is 0 Å². The Balaban J connectivity index is 0.000000381. The second-order valence-electron chi connectivity index (χ2n) is 16.9. The highest BCUT2D eigenvalue weighted by atomic mass is 16.6. The topological polar surface area (TPSA) is 166 Å². The van der Waals surface area contributed by atoms with Gasteiger partial charge in [-0.15, -0.1) is 0 Å². The zero-order chi connectivity index (χ0) is 42.5. The minimum atomic E-state index is -0.463.